The van der Waals surface area contributed by atoms with Gasteiger partial charge in [0, 0.05) is 12.8 Å². The molecule has 0 spiro atoms. The SMILES string of the molecule is O=C(OCCCC(F)(F)C(F)(F)C(F)(F)C(F)(F)C(F)(F)C(F)(F)C(F)(F)C(F)(F)C(F)(F)C(F)(F)F)[C@H](O)[C@@H](O)C(=O)OCCCC(F)(F)C(F)(F)C(F)(F)C(F)(F)C(F)(F)C(F)(F)C(F)(F)C(F)(F)C(F)(F)C(F)(F)F. The zero-order valence-electron chi connectivity index (χ0n) is 34.8. The van der Waals surface area contributed by atoms with Crippen LogP contribution in [0.1, 0.15) is 25.7 Å². The van der Waals surface area contributed by atoms with Crippen LogP contribution in [-0.2, 0) is 19.1 Å². The first kappa shape index (κ1) is 73.9. The molecule has 0 aromatic carbocycles. The molecule has 6 nitrogen and oxygen atoms in total. The van der Waals surface area contributed by atoms with Gasteiger partial charge < -0.3 is 19.7 Å². The van der Waals surface area contributed by atoms with Crippen molar-refractivity contribution in [2.45, 2.75) is 157 Å². The van der Waals surface area contributed by atoms with Gasteiger partial charge >= 0.3 is 131 Å². The van der Waals surface area contributed by atoms with Crippen LogP contribution in [0.2, 0.25) is 0 Å². The van der Waals surface area contributed by atoms with E-state index in [1.165, 1.54) is 0 Å². The maximum Gasteiger partial charge on any atom is 0.460 e. The molecule has 0 saturated carbocycles. The van der Waals surface area contributed by atoms with E-state index < -0.39 is 182 Å². The highest BCUT2D eigenvalue weighted by Gasteiger charge is 3.00. The standard InChI is InChI=1S/C30H16F42O6/c31-11(32,13(35,36)15(39,40)17(43,44)19(47,48)21(51,52)23(55,56)25(59,60)27(63,64)29(67,68)69)3-1-5-77-9(75)7(73)8(74)10(76)78-6-2-4-12(33,34)14(37,38)16(41,42)18(45,46)20(49,50)22(53,54)24(57,58)26(61,62)28(65,66)30(70,71)72/h7-8,73-74H,1-6H2/t7-,8-/m1/s1. The number of aliphatic hydroxyl groups excluding tert-OH is 2. The maximum atomic E-state index is 14.1. The lowest BCUT2D eigenvalue weighted by molar-refractivity contribution is -0.474. The Labute approximate surface area is 396 Å². The summed E-state index contributed by atoms with van der Waals surface area (Å²) in [6.45, 7) is -4.60. The van der Waals surface area contributed by atoms with Crippen molar-refractivity contribution in [2.75, 3.05) is 13.2 Å². The Hall–Kier alpha value is -4.08. The fourth-order valence-electron chi connectivity index (χ4n) is 4.86. The van der Waals surface area contributed by atoms with E-state index in [1.807, 2.05) is 0 Å². The third-order valence-corrected chi connectivity index (χ3v) is 9.69. The van der Waals surface area contributed by atoms with Crippen LogP contribution in [0.5, 0.6) is 0 Å². The first-order valence-corrected chi connectivity index (χ1v) is 18.0. The molecule has 0 aliphatic carbocycles. The molecule has 0 bridgehead atoms. The smallest absolute Gasteiger partial charge is 0.460 e. The van der Waals surface area contributed by atoms with Gasteiger partial charge in [-0.05, 0) is 12.8 Å². The van der Waals surface area contributed by atoms with Gasteiger partial charge in [-0.2, -0.15) is 184 Å². The Kier molecular flexibility index (Phi) is 19.3. The molecule has 466 valence electrons. The first-order chi connectivity index (χ1) is 33.3. The zero-order chi connectivity index (χ0) is 64.0. The van der Waals surface area contributed by atoms with Crippen LogP contribution >= 0.6 is 0 Å². The predicted octanol–water partition coefficient (Wildman–Crippen LogP) is 12.9. The van der Waals surface area contributed by atoms with Gasteiger partial charge in [0.25, 0.3) is 0 Å². The molecular formula is C30H16F42O6. The molecular weight excluding hydrogens is 1250 g/mol. The molecule has 0 amide bonds. The highest BCUT2D eigenvalue weighted by atomic mass is 19.5. The Morgan fingerprint density at radius 1 is 0.256 bits per heavy atom. The van der Waals surface area contributed by atoms with E-state index in [2.05, 4.69) is 9.47 Å². The molecule has 0 aromatic rings. The van der Waals surface area contributed by atoms with Crippen molar-refractivity contribution in [1.29, 1.82) is 0 Å². The van der Waals surface area contributed by atoms with Crippen LogP contribution in [0.25, 0.3) is 0 Å². The molecule has 0 rings (SSSR count). The van der Waals surface area contributed by atoms with Gasteiger partial charge in [0.15, 0.2) is 12.2 Å². The van der Waals surface area contributed by atoms with Crippen LogP contribution in [0, 0.1) is 0 Å². The van der Waals surface area contributed by atoms with Gasteiger partial charge in [-0.25, -0.2) is 9.59 Å². The second-order valence-corrected chi connectivity index (χ2v) is 15.0. The predicted molar refractivity (Wildman–Crippen MR) is 154 cm³/mol. The van der Waals surface area contributed by atoms with E-state index in [0.717, 1.165) is 0 Å². The third kappa shape index (κ3) is 10.5. The van der Waals surface area contributed by atoms with Crippen molar-refractivity contribution in [2.24, 2.45) is 0 Å². The summed E-state index contributed by atoms with van der Waals surface area (Å²) in [6, 6.07) is 0. The minimum atomic E-state index is -9.52. The van der Waals surface area contributed by atoms with E-state index in [1.54, 1.807) is 0 Å². The topological polar surface area (TPSA) is 93.1 Å². The number of hydrogen-bond acceptors (Lipinski definition) is 6. The fourth-order valence-corrected chi connectivity index (χ4v) is 4.86. The van der Waals surface area contributed by atoms with E-state index in [4.69, 9.17) is 0 Å². The number of halogens is 42. The van der Waals surface area contributed by atoms with Crippen LogP contribution in [-0.4, -0.2) is 167 Å². The lowest BCUT2D eigenvalue weighted by atomic mass is 9.85. The van der Waals surface area contributed by atoms with E-state index >= 15 is 0 Å². The normalized spacial score (nSPS) is 17.0. The Morgan fingerprint density at radius 3 is 0.551 bits per heavy atom. The number of hydrogen-bond donors (Lipinski definition) is 2. The van der Waals surface area contributed by atoms with Crippen molar-refractivity contribution in [1.82, 2.24) is 0 Å². The van der Waals surface area contributed by atoms with Crippen molar-refractivity contribution in [3.05, 3.63) is 0 Å². The van der Waals surface area contributed by atoms with Crippen molar-refractivity contribution >= 4 is 11.9 Å². The molecule has 0 aliphatic heterocycles. The summed E-state index contributed by atoms with van der Waals surface area (Å²) >= 11 is 0. The number of esters is 2. The molecule has 0 heterocycles. The lowest BCUT2D eigenvalue weighted by Crippen LogP contribution is -2.76. The molecule has 0 radical (unpaired) electrons. The minimum Gasteiger partial charge on any atom is -0.464 e. The summed E-state index contributed by atoms with van der Waals surface area (Å²) in [5.41, 5.74) is 0. The molecule has 2 atom stereocenters. The zero-order valence-corrected chi connectivity index (χ0v) is 34.8. The number of ether oxygens (including phenoxy) is 2. The van der Waals surface area contributed by atoms with Gasteiger partial charge in [0.1, 0.15) is 0 Å². The van der Waals surface area contributed by atoms with Crippen LogP contribution < -0.4 is 0 Å². The van der Waals surface area contributed by atoms with Gasteiger partial charge in [0.05, 0.1) is 13.2 Å². The molecule has 0 aliphatic rings. The molecule has 0 unspecified atom stereocenters. The van der Waals surface area contributed by atoms with Gasteiger partial charge in [0.2, 0.25) is 0 Å². The van der Waals surface area contributed by atoms with E-state index in [9.17, 15) is 204 Å². The minimum absolute atomic E-state index is 2.30. The van der Waals surface area contributed by atoms with E-state index in [0.29, 0.717) is 0 Å². The second kappa shape index (κ2) is 20.4. The van der Waals surface area contributed by atoms with Gasteiger partial charge in [-0.1, -0.05) is 0 Å². The fraction of sp³-hybridized carbons (Fsp3) is 0.933. The van der Waals surface area contributed by atoms with Crippen molar-refractivity contribution in [3.63, 3.8) is 0 Å². The maximum absolute atomic E-state index is 14.1. The highest BCUT2D eigenvalue weighted by Crippen LogP contribution is 2.69. The Bertz CT molecular complexity index is 1960. The summed E-state index contributed by atoms with van der Waals surface area (Å²) in [6.07, 6.45) is -35.8. The average molecular weight is 1270 g/mol. The Balaban J connectivity index is 6.14. The molecule has 48 heteroatoms. The summed E-state index contributed by atoms with van der Waals surface area (Å²) in [5.74, 6) is -167. The first-order valence-electron chi connectivity index (χ1n) is 18.0. The number of aliphatic hydroxyl groups is 2. The number of carbonyl (C=O) groups is 2. The molecule has 0 aromatic heterocycles. The quantitative estimate of drug-likeness (QED) is 0.0484. The summed E-state index contributed by atoms with van der Waals surface area (Å²) in [4.78, 5) is 23.4. The van der Waals surface area contributed by atoms with Gasteiger partial charge in [-0.3, -0.25) is 0 Å². The average Bonchev–Trinajstić information content (AvgIpc) is 3.23. The monoisotopic (exact) mass is 1270 g/mol. The highest BCUT2D eigenvalue weighted by molar-refractivity contribution is 5.85. The summed E-state index contributed by atoms with van der Waals surface area (Å²) < 4.78 is 574. The second-order valence-electron chi connectivity index (χ2n) is 15.0. The number of carbonyl (C=O) groups excluding carboxylic acids is 2. The molecule has 2 N–H and O–H groups in total. The van der Waals surface area contributed by atoms with Crippen LogP contribution in [0.15, 0.2) is 0 Å². The van der Waals surface area contributed by atoms with Crippen LogP contribution in [0.4, 0.5) is 184 Å². The molecule has 0 saturated heterocycles. The van der Waals surface area contributed by atoms with Crippen molar-refractivity contribution < 1.29 is 214 Å². The molecule has 78 heavy (non-hydrogen) atoms. The van der Waals surface area contributed by atoms with Crippen LogP contribution in [0.3, 0.4) is 0 Å². The summed E-state index contributed by atoms with van der Waals surface area (Å²) in [7, 11) is 0. The number of rotatable bonds is 27. The van der Waals surface area contributed by atoms with Crippen molar-refractivity contribution in [3.8, 4) is 0 Å². The largest absolute Gasteiger partial charge is 0.464 e. The third-order valence-electron chi connectivity index (χ3n) is 9.69. The number of alkyl halides is 42. The summed E-state index contributed by atoms with van der Waals surface area (Å²) in [5, 5.41) is 18.9. The van der Waals surface area contributed by atoms with E-state index in [-0.39, 0.29) is 0 Å². The molecule has 0 fully saturated rings. The Morgan fingerprint density at radius 2 is 0.397 bits per heavy atom. The van der Waals surface area contributed by atoms with Gasteiger partial charge in [-0.15, -0.1) is 0 Å². The lowest BCUT2D eigenvalue weighted by Gasteiger charge is -2.44.